The van der Waals surface area contributed by atoms with Crippen LogP contribution in [0.3, 0.4) is 0 Å². The summed E-state index contributed by atoms with van der Waals surface area (Å²) < 4.78 is 0. The van der Waals surface area contributed by atoms with E-state index < -0.39 is 0 Å². The Morgan fingerprint density at radius 3 is 2.44 bits per heavy atom. The average Bonchev–Trinajstić information content (AvgIpc) is 2.30. The maximum Gasteiger partial charge on any atom is 0.196 e. The van der Waals surface area contributed by atoms with Crippen molar-refractivity contribution in [2.45, 2.75) is 17.0 Å². The molecule has 0 radical (unpaired) electrons. The first-order valence-corrected chi connectivity index (χ1v) is 6.04. The van der Waals surface area contributed by atoms with Crippen LogP contribution >= 0.6 is 11.8 Å². The lowest BCUT2D eigenvalue weighted by molar-refractivity contribution is 0.112. The van der Waals surface area contributed by atoms with Crippen LogP contribution in [0.25, 0.3) is 0 Å². The van der Waals surface area contributed by atoms with Crippen molar-refractivity contribution in [1.29, 1.82) is 0 Å². The van der Waals surface area contributed by atoms with Crippen molar-refractivity contribution in [3.8, 4) is 0 Å². The van der Waals surface area contributed by atoms with Crippen molar-refractivity contribution < 1.29 is 4.79 Å². The van der Waals surface area contributed by atoms with Crippen LogP contribution in [-0.2, 0) is 0 Å². The number of carbonyl (C=O) groups excluding carboxylic acids is 1. The summed E-state index contributed by atoms with van der Waals surface area (Å²) in [6.45, 7) is 1.93. The largest absolute Gasteiger partial charge is 0.383 e. The minimum Gasteiger partial charge on any atom is -0.383 e. The minimum absolute atomic E-state index is 0.310. The highest BCUT2D eigenvalue weighted by molar-refractivity contribution is 7.99. The van der Waals surface area contributed by atoms with Gasteiger partial charge in [0.05, 0.1) is 0 Å². The van der Waals surface area contributed by atoms with E-state index in [9.17, 15) is 4.79 Å². The summed E-state index contributed by atoms with van der Waals surface area (Å²) in [6.07, 6.45) is 0.811. The topological polar surface area (TPSA) is 94.9 Å². The number of benzene rings is 1. The molecule has 6 heteroatoms. The van der Waals surface area contributed by atoms with Gasteiger partial charge in [0.2, 0.25) is 0 Å². The van der Waals surface area contributed by atoms with Crippen molar-refractivity contribution in [3.05, 3.63) is 35.4 Å². The summed E-state index contributed by atoms with van der Waals surface area (Å²) in [5.74, 6) is 0.620. The van der Waals surface area contributed by atoms with E-state index >= 15 is 0 Å². The molecule has 0 fully saturated rings. The number of anilines is 2. The summed E-state index contributed by atoms with van der Waals surface area (Å²) in [4.78, 5) is 19.9. The van der Waals surface area contributed by atoms with Crippen molar-refractivity contribution in [2.24, 2.45) is 0 Å². The fourth-order valence-corrected chi connectivity index (χ4v) is 2.32. The number of nitrogens with two attached hydrogens (primary N) is 2. The summed E-state index contributed by atoms with van der Waals surface area (Å²) in [5.41, 5.74) is 12.8. The Hall–Kier alpha value is -2.08. The molecule has 2 rings (SSSR count). The highest BCUT2D eigenvalue weighted by Gasteiger charge is 2.07. The highest BCUT2D eigenvalue weighted by Crippen LogP contribution is 2.28. The molecule has 2 aromatic rings. The maximum absolute atomic E-state index is 11.0. The van der Waals surface area contributed by atoms with Gasteiger partial charge in [0.15, 0.2) is 11.4 Å². The molecule has 0 aliphatic carbocycles. The third-order valence-electron chi connectivity index (χ3n) is 2.24. The predicted octanol–water partition coefficient (Wildman–Crippen LogP) is 1.91. The Kier molecular flexibility index (Phi) is 3.47. The minimum atomic E-state index is 0.310. The van der Waals surface area contributed by atoms with E-state index in [0.29, 0.717) is 22.4 Å². The van der Waals surface area contributed by atoms with Gasteiger partial charge >= 0.3 is 0 Å². The number of hydrogen-bond donors (Lipinski definition) is 2. The molecule has 0 saturated heterocycles. The second kappa shape index (κ2) is 5.05. The number of aryl methyl sites for hydroxylation is 1. The smallest absolute Gasteiger partial charge is 0.196 e. The number of nitrogen functional groups attached to an aromatic ring is 2. The van der Waals surface area contributed by atoms with Gasteiger partial charge in [-0.2, -0.15) is 0 Å². The van der Waals surface area contributed by atoms with Gasteiger partial charge in [0.1, 0.15) is 11.6 Å². The molecule has 0 amide bonds. The van der Waals surface area contributed by atoms with Gasteiger partial charge in [-0.25, -0.2) is 9.97 Å². The summed E-state index contributed by atoms with van der Waals surface area (Å²) in [7, 11) is 0. The van der Waals surface area contributed by atoms with Gasteiger partial charge in [-0.3, -0.25) is 4.79 Å². The van der Waals surface area contributed by atoms with Crippen LogP contribution in [0.5, 0.6) is 0 Å². The van der Waals surface area contributed by atoms with Crippen LogP contribution in [0.4, 0.5) is 11.6 Å². The number of carbonyl (C=O) groups is 1. The first-order valence-electron chi connectivity index (χ1n) is 5.22. The van der Waals surface area contributed by atoms with Crippen molar-refractivity contribution in [2.75, 3.05) is 11.5 Å². The van der Waals surface area contributed by atoms with E-state index in [0.717, 1.165) is 16.7 Å². The molecule has 0 unspecified atom stereocenters. The lowest BCUT2D eigenvalue weighted by atomic mass is 10.2. The molecular formula is C12H12N4OS. The van der Waals surface area contributed by atoms with Crippen molar-refractivity contribution in [3.63, 3.8) is 0 Å². The van der Waals surface area contributed by atoms with Gasteiger partial charge in [-0.05, 0) is 30.8 Å². The quantitative estimate of drug-likeness (QED) is 0.646. The van der Waals surface area contributed by atoms with E-state index in [1.165, 1.54) is 17.8 Å². The molecule has 0 bridgehead atoms. The molecule has 1 aromatic carbocycles. The Morgan fingerprint density at radius 2 is 1.83 bits per heavy atom. The Labute approximate surface area is 109 Å². The molecule has 5 nitrogen and oxygen atoms in total. The van der Waals surface area contributed by atoms with Crippen molar-refractivity contribution >= 4 is 29.7 Å². The third-order valence-corrected chi connectivity index (χ3v) is 3.20. The fraction of sp³-hybridized carbons (Fsp3) is 0.0833. The van der Waals surface area contributed by atoms with E-state index in [1.54, 1.807) is 0 Å². The van der Waals surface area contributed by atoms with Gasteiger partial charge in [0, 0.05) is 16.5 Å². The highest BCUT2D eigenvalue weighted by atomic mass is 32.2. The first kappa shape index (κ1) is 12.4. The zero-order valence-electron chi connectivity index (χ0n) is 9.75. The predicted molar refractivity (Wildman–Crippen MR) is 71.5 cm³/mol. The number of aromatic nitrogens is 2. The third kappa shape index (κ3) is 2.78. The van der Waals surface area contributed by atoms with Gasteiger partial charge in [0.25, 0.3) is 0 Å². The normalized spacial score (nSPS) is 10.3. The Balaban J connectivity index is 2.36. The van der Waals surface area contributed by atoms with Crippen LogP contribution in [0.1, 0.15) is 15.9 Å². The lowest BCUT2D eigenvalue weighted by Gasteiger charge is -2.05. The monoisotopic (exact) mass is 260 g/mol. The van der Waals surface area contributed by atoms with E-state index in [2.05, 4.69) is 9.97 Å². The molecule has 92 valence electrons. The maximum atomic E-state index is 11.0. The van der Waals surface area contributed by atoms with Gasteiger partial charge in [-0.1, -0.05) is 11.6 Å². The van der Waals surface area contributed by atoms with Gasteiger partial charge in [-0.15, -0.1) is 0 Å². The molecule has 18 heavy (non-hydrogen) atoms. The first-order chi connectivity index (χ1) is 8.58. The number of hydrogen-bond acceptors (Lipinski definition) is 6. The van der Waals surface area contributed by atoms with Gasteiger partial charge < -0.3 is 11.5 Å². The molecule has 4 N–H and O–H groups in total. The van der Waals surface area contributed by atoms with E-state index in [-0.39, 0.29) is 0 Å². The van der Waals surface area contributed by atoms with Crippen molar-refractivity contribution in [1.82, 2.24) is 9.97 Å². The molecule has 0 saturated carbocycles. The number of rotatable bonds is 3. The van der Waals surface area contributed by atoms with Crippen LogP contribution in [-0.4, -0.2) is 16.3 Å². The van der Waals surface area contributed by atoms with E-state index in [1.807, 2.05) is 25.1 Å². The molecule has 1 aromatic heterocycles. The summed E-state index contributed by atoms with van der Waals surface area (Å²) in [5, 5.41) is 0.430. The standard InChI is InChI=1S/C12H12N4OS/c1-7-2-3-9(8(4-7)6-17)18-12-15-10(13)5-11(14)16-12/h2-6H,1H3,(H4,13,14,15,16). The molecule has 1 heterocycles. The second-order valence-corrected chi connectivity index (χ2v) is 4.77. The van der Waals surface area contributed by atoms with Crippen LogP contribution < -0.4 is 11.5 Å². The zero-order valence-corrected chi connectivity index (χ0v) is 10.6. The summed E-state index contributed by atoms with van der Waals surface area (Å²) in [6, 6.07) is 7.07. The molecular weight excluding hydrogens is 248 g/mol. The van der Waals surface area contributed by atoms with Crippen LogP contribution in [0.15, 0.2) is 34.3 Å². The molecule has 0 spiro atoms. The molecule has 0 atom stereocenters. The molecule has 0 aliphatic rings. The van der Waals surface area contributed by atoms with E-state index in [4.69, 9.17) is 11.5 Å². The summed E-state index contributed by atoms with van der Waals surface area (Å²) >= 11 is 1.26. The van der Waals surface area contributed by atoms with Crippen LogP contribution in [0.2, 0.25) is 0 Å². The SMILES string of the molecule is Cc1ccc(Sc2nc(N)cc(N)n2)c(C=O)c1. The Bertz CT molecular complexity index is 580. The molecule has 0 aliphatic heterocycles. The fourth-order valence-electron chi connectivity index (χ4n) is 1.46. The lowest BCUT2D eigenvalue weighted by Crippen LogP contribution is -1.99. The number of nitrogens with zero attached hydrogens (tertiary/aromatic N) is 2. The number of aldehydes is 1. The second-order valence-electron chi connectivity index (χ2n) is 3.76. The zero-order chi connectivity index (χ0) is 13.1. The average molecular weight is 260 g/mol. The Morgan fingerprint density at radius 1 is 1.17 bits per heavy atom. The van der Waals surface area contributed by atoms with Crippen LogP contribution in [0, 0.1) is 6.92 Å².